The van der Waals surface area contributed by atoms with Gasteiger partial charge in [0.05, 0.1) is 5.71 Å². The zero-order chi connectivity index (χ0) is 12.1. The Hall–Kier alpha value is -1.62. The summed E-state index contributed by atoms with van der Waals surface area (Å²) in [6, 6.07) is 5.33. The number of nitrogens with one attached hydrogen (secondary N) is 1. The van der Waals surface area contributed by atoms with Crippen molar-refractivity contribution in [1.82, 2.24) is 5.43 Å². The molecule has 4 N–H and O–H groups in total. The molecule has 0 saturated heterocycles. The summed E-state index contributed by atoms with van der Waals surface area (Å²) in [5.74, 6) is 0.279. The Balaban J connectivity index is 2.99. The Bertz CT molecular complexity index is 429. The zero-order valence-electron chi connectivity index (χ0n) is 9.32. The van der Waals surface area contributed by atoms with Gasteiger partial charge in [0.1, 0.15) is 5.75 Å². The van der Waals surface area contributed by atoms with Gasteiger partial charge in [0.15, 0.2) is 5.11 Å². The van der Waals surface area contributed by atoms with E-state index in [1.54, 1.807) is 6.07 Å². The van der Waals surface area contributed by atoms with Crippen LogP contribution in [0, 0.1) is 6.92 Å². The van der Waals surface area contributed by atoms with Crippen molar-refractivity contribution in [1.29, 1.82) is 0 Å². The molecule has 86 valence electrons. The van der Waals surface area contributed by atoms with Gasteiger partial charge in [0.2, 0.25) is 0 Å². The van der Waals surface area contributed by atoms with Gasteiger partial charge in [-0.25, -0.2) is 0 Å². The zero-order valence-corrected chi connectivity index (χ0v) is 10.1. The van der Waals surface area contributed by atoms with Crippen LogP contribution in [0.4, 0.5) is 0 Å². The van der Waals surface area contributed by atoms with Crippen LogP contribution in [0.15, 0.2) is 23.3 Å². The number of phenols is 1. The first-order chi connectivity index (χ1) is 7.54. The van der Waals surface area contributed by atoms with Crippen LogP contribution in [-0.4, -0.2) is 15.9 Å². The van der Waals surface area contributed by atoms with Crippen LogP contribution in [0.3, 0.4) is 0 Å². The van der Waals surface area contributed by atoms with Crippen molar-refractivity contribution in [2.24, 2.45) is 10.8 Å². The second-order valence-electron chi connectivity index (χ2n) is 3.39. The van der Waals surface area contributed by atoms with E-state index in [2.05, 4.69) is 22.7 Å². The number of thiocarbonyl (C=S) groups is 1. The summed E-state index contributed by atoms with van der Waals surface area (Å²) in [5, 5.41) is 13.7. The van der Waals surface area contributed by atoms with Gasteiger partial charge in [0.25, 0.3) is 0 Å². The lowest BCUT2D eigenvalue weighted by Gasteiger charge is -2.06. The van der Waals surface area contributed by atoms with Crippen LogP contribution in [0.1, 0.15) is 24.5 Å². The van der Waals surface area contributed by atoms with Crippen LogP contribution in [0.5, 0.6) is 5.75 Å². The summed E-state index contributed by atoms with van der Waals surface area (Å²) in [4.78, 5) is 0. The SMILES string of the molecule is CC/C(=N\NC(N)=S)c1ccc(O)c(C)c1. The van der Waals surface area contributed by atoms with E-state index in [9.17, 15) is 5.11 Å². The lowest BCUT2D eigenvalue weighted by Crippen LogP contribution is -2.25. The molecule has 0 aliphatic rings. The number of hydrogen-bond acceptors (Lipinski definition) is 3. The van der Waals surface area contributed by atoms with Gasteiger partial charge in [-0.05, 0) is 54.9 Å². The van der Waals surface area contributed by atoms with Crippen molar-refractivity contribution in [3.8, 4) is 5.75 Å². The van der Waals surface area contributed by atoms with E-state index in [0.29, 0.717) is 0 Å². The molecule has 1 aromatic rings. The molecule has 0 unspecified atom stereocenters. The van der Waals surface area contributed by atoms with Gasteiger partial charge in [0, 0.05) is 0 Å². The summed E-state index contributed by atoms with van der Waals surface area (Å²) in [7, 11) is 0. The highest BCUT2D eigenvalue weighted by Crippen LogP contribution is 2.18. The summed E-state index contributed by atoms with van der Waals surface area (Å²) >= 11 is 4.68. The number of phenolic OH excluding ortho intramolecular Hbond substituents is 1. The molecule has 0 aliphatic carbocycles. The van der Waals surface area contributed by atoms with Crippen molar-refractivity contribution < 1.29 is 5.11 Å². The van der Waals surface area contributed by atoms with Crippen molar-refractivity contribution >= 4 is 23.0 Å². The van der Waals surface area contributed by atoms with Crippen molar-refractivity contribution in [2.45, 2.75) is 20.3 Å². The fourth-order valence-electron chi connectivity index (χ4n) is 1.31. The largest absolute Gasteiger partial charge is 0.508 e. The van der Waals surface area contributed by atoms with Gasteiger partial charge < -0.3 is 10.8 Å². The first-order valence-corrected chi connectivity index (χ1v) is 5.37. The van der Waals surface area contributed by atoms with E-state index in [1.165, 1.54) is 0 Å². The van der Waals surface area contributed by atoms with Gasteiger partial charge in [-0.15, -0.1) is 0 Å². The van der Waals surface area contributed by atoms with Gasteiger partial charge >= 0.3 is 0 Å². The highest BCUT2D eigenvalue weighted by atomic mass is 32.1. The highest BCUT2D eigenvalue weighted by Gasteiger charge is 2.04. The van der Waals surface area contributed by atoms with Gasteiger partial charge in [-0.3, -0.25) is 5.43 Å². The predicted molar refractivity (Wildman–Crippen MR) is 69.6 cm³/mol. The molecule has 16 heavy (non-hydrogen) atoms. The Morgan fingerprint density at radius 2 is 2.25 bits per heavy atom. The van der Waals surface area contributed by atoms with Gasteiger partial charge in [-0.1, -0.05) is 6.92 Å². The number of aryl methyl sites for hydroxylation is 1. The summed E-state index contributed by atoms with van der Waals surface area (Å²) in [6.45, 7) is 3.83. The Kier molecular flexibility index (Phi) is 4.25. The predicted octanol–water partition coefficient (Wildman–Crippen LogP) is 1.65. The topological polar surface area (TPSA) is 70.6 Å². The van der Waals surface area contributed by atoms with Crippen molar-refractivity contribution in [2.75, 3.05) is 0 Å². The first kappa shape index (κ1) is 12.4. The van der Waals surface area contributed by atoms with E-state index < -0.39 is 0 Å². The number of benzene rings is 1. The normalized spacial score (nSPS) is 11.2. The summed E-state index contributed by atoms with van der Waals surface area (Å²) in [5.41, 5.74) is 10.5. The molecule has 0 bridgehead atoms. The quantitative estimate of drug-likeness (QED) is 0.425. The van der Waals surface area contributed by atoms with Gasteiger partial charge in [-0.2, -0.15) is 5.10 Å². The number of nitrogens with two attached hydrogens (primary N) is 1. The monoisotopic (exact) mass is 237 g/mol. The molecule has 0 atom stereocenters. The number of hydrazone groups is 1. The fraction of sp³-hybridized carbons (Fsp3) is 0.273. The molecule has 5 heteroatoms. The minimum absolute atomic E-state index is 0.140. The molecule has 0 aromatic heterocycles. The molecular formula is C11H15N3OS. The number of rotatable bonds is 3. The third-order valence-electron chi connectivity index (χ3n) is 2.17. The average Bonchev–Trinajstić information content (AvgIpc) is 2.23. The average molecular weight is 237 g/mol. The maximum atomic E-state index is 9.42. The second kappa shape index (κ2) is 5.46. The van der Waals surface area contributed by atoms with E-state index in [1.807, 2.05) is 26.0 Å². The van der Waals surface area contributed by atoms with E-state index in [-0.39, 0.29) is 10.9 Å². The Labute approximate surface area is 100 Å². The summed E-state index contributed by atoms with van der Waals surface area (Å²) in [6.07, 6.45) is 0.750. The van der Waals surface area contributed by atoms with Crippen molar-refractivity contribution in [3.63, 3.8) is 0 Å². The standard InChI is InChI=1S/C11H15N3OS/c1-3-9(13-14-11(12)16)8-4-5-10(15)7(2)6-8/h4-6,15H,3H2,1-2H3,(H3,12,14,16)/b13-9+. The molecule has 0 amide bonds. The lowest BCUT2D eigenvalue weighted by atomic mass is 10.1. The molecule has 1 aromatic carbocycles. The molecule has 0 saturated carbocycles. The molecule has 0 heterocycles. The number of hydrogen-bond donors (Lipinski definition) is 3. The fourth-order valence-corrected chi connectivity index (χ4v) is 1.35. The maximum absolute atomic E-state index is 9.42. The van der Waals surface area contributed by atoms with Crippen LogP contribution >= 0.6 is 12.2 Å². The van der Waals surface area contributed by atoms with E-state index >= 15 is 0 Å². The van der Waals surface area contributed by atoms with Crippen LogP contribution in [0.2, 0.25) is 0 Å². The molecule has 0 fully saturated rings. The molecule has 0 aliphatic heterocycles. The third kappa shape index (κ3) is 3.20. The van der Waals surface area contributed by atoms with Crippen LogP contribution in [-0.2, 0) is 0 Å². The summed E-state index contributed by atoms with van der Waals surface area (Å²) < 4.78 is 0. The smallest absolute Gasteiger partial charge is 0.184 e. The minimum atomic E-state index is 0.140. The van der Waals surface area contributed by atoms with E-state index in [4.69, 9.17) is 5.73 Å². The van der Waals surface area contributed by atoms with Crippen molar-refractivity contribution in [3.05, 3.63) is 29.3 Å². The first-order valence-electron chi connectivity index (χ1n) is 4.96. The number of aromatic hydroxyl groups is 1. The molecule has 0 spiro atoms. The Morgan fingerprint density at radius 1 is 1.56 bits per heavy atom. The lowest BCUT2D eigenvalue weighted by molar-refractivity contribution is 0.471. The molecular weight excluding hydrogens is 222 g/mol. The van der Waals surface area contributed by atoms with Crippen LogP contribution in [0.25, 0.3) is 0 Å². The minimum Gasteiger partial charge on any atom is -0.508 e. The third-order valence-corrected chi connectivity index (χ3v) is 2.26. The molecule has 4 nitrogen and oxygen atoms in total. The second-order valence-corrected chi connectivity index (χ2v) is 3.83. The molecule has 1 rings (SSSR count). The van der Waals surface area contributed by atoms with Crippen LogP contribution < -0.4 is 11.2 Å². The Morgan fingerprint density at radius 3 is 2.75 bits per heavy atom. The maximum Gasteiger partial charge on any atom is 0.184 e. The highest BCUT2D eigenvalue weighted by molar-refractivity contribution is 7.80. The molecule has 0 radical (unpaired) electrons. The number of nitrogens with zero attached hydrogens (tertiary/aromatic N) is 1. The van der Waals surface area contributed by atoms with E-state index in [0.717, 1.165) is 23.3 Å².